The van der Waals surface area contributed by atoms with Crippen LogP contribution in [0.15, 0.2) is 55.1 Å². The minimum Gasteiger partial charge on any atom is -0.346 e. The summed E-state index contributed by atoms with van der Waals surface area (Å²) in [5, 5.41) is 4.85. The molecule has 3 aromatic heterocycles. The molecule has 1 unspecified atom stereocenters. The van der Waals surface area contributed by atoms with Gasteiger partial charge in [-0.2, -0.15) is 0 Å². The van der Waals surface area contributed by atoms with Gasteiger partial charge in [-0.15, -0.1) is 0 Å². The summed E-state index contributed by atoms with van der Waals surface area (Å²) in [5.74, 6) is 0.0787. The average Bonchev–Trinajstić information content (AvgIpc) is 3.53. The van der Waals surface area contributed by atoms with Gasteiger partial charge in [0, 0.05) is 60.4 Å². The van der Waals surface area contributed by atoms with Crippen LogP contribution in [-0.2, 0) is 13.0 Å². The Balaban J connectivity index is 1.41. The van der Waals surface area contributed by atoms with Gasteiger partial charge in [0.1, 0.15) is 5.65 Å². The lowest BCUT2D eigenvalue weighted by atomic mass is 9.87. The van der Waals surface area contributed by atoms with Gasteiger partial charge in [0.25, 0.3) is 5.91 Å². The first-order valence-electron chi connectivity index (χ1n) is 11.7. The molecule has 0 radical (unpaired) electrons. The summed E-state index contributed by atoms with van der Waals surface area (Å²) in [4.78, 5) is 27.1. The number of nitrogens with zero attached hydrogens (tertiary/aromatic N) is 3. The molecule has 2 aliphatic heterocycles. The summed E-state index contributed by atoms with van der Waals surface area (Å²) in [7, 11) is 0. The molecule has 2 N–H and O–H groups in total. The van der Waals surface area contributed by atoms with Crippen molar-refractivity contribution < 1.29 is 4.79 Å². The van der Waals surface area contributed by atoms with E-state index >= 15 is 0 Å². The van der Waals surface area contributed by atoms with Crippen LogP contribution in [0.2, 0.25) is 0 Å². The molecule has 166 valence electrons. The highest BCUT2D eigenvalue weighted by atomic mass is 16.2. The number of pyridine rings is 2. The minimum atomic E-state index is 0.0787. The number of hydrogen-bond acceptors (Lipinski definition) is 4. The Bertz CT molecular complexity index is 1340. The molecule has 2 aliphatic rings. The maximum Gasteiger partial charge on any atom is 0.254 e. The maximum atomic E-state index is 13.1. The van der Waals surface area contributed by atoms with Crippen LogP contribution in [0.1, 0.15) is 51.5 Å². The first-order valence-corrected chi connectivity index (χ1v) is 11.7. The highest BCUT2D eigenvalue weighted by molar-refractivity contribution is 5.94. The highest BCUT2D eigenvalue weighted by Crippen LogP contribution is 2.36. The molecule has 1 aromatic carbocycles. The van der Waals surface area contributed by atoms with Gasteiger partial charge >= 0.3 is 0 Å². The topological polar surface area (TPSA) is 73.9 Å². The third-order valence-corrected chi connectivity index (χ3v) is 7.10. The van der Waals surface area contributed by atoms with Crippen LogP contribution in [0.4, 0.5) is 0 Å². The first kappa shape index (κ1) is 20.1. The van der Waals surface area contributed by atoms with Crippen LogP contribution in [0.25, 0.3) is 22.2 Å². The van der Waals surface area contributed by atoms with Gasteiger partial charge in [-0.25, -0.2) is 4.98 Å². The fourth-order valence-corrected chi connectivity index (χ4v) is 5.27. The molecule has 0 bridgehead atoms. The number of nitrogens with one attached hydrogen (secondary N) is 2. The molecule has 6 nitrogen and oxygen atoms in total. The number of aryl methyl sites for hydroxylation is 1. The van der Waals surface area contributed by atoms with Gasteiger partial charge in [0.15, 0.2) is 0 Å². The second-order valence-corrected chi connectivity index (χ2v) is 9.16. The van der Waals surface area contributed by atoms with E-state index in [2.05, 4.69) is 45.4 Å². The molecule has 0 spiro atoms. The molecule has 1 amide bonds. The molecule has 33 heavy (non-hydrogen) atoms. The third-order valence-electron chi connectivity index (χ3n) is 7.10. The van der Waals surface area contributed by atoms with Crippen LogP contribution in [0.3, 0.4) is 0 Å². The first-order chi connectivity index (χ1) is 16.2. The summed E-state index contributed by atoms with van der Waals surface area (Å²) in [6.45, 7) is 4.53. The summed E-state index contributed by atoms with van der Waals surface area (Å²) >= 11 is 0. The van der Waals surface area contributed by atoms with Crippen molar-refractivity contribution in [2.75, 3.05) is 13.1 Å². The summed E-state index contributed by atoms with van der Waals surface area (Å²) in [6.07, 6.45) is 10.5. The number of H-pyrrole nitrogens is 1. The molecule has 1 atom stereocenters. The Morgan fingerprint density at radius 3 is 2.85 bits per heavy atom. The number of carbonyl (C=O) groups is 1. The summed E-state index contributed by atoms with van der Waals surface area (Å²) in [5.41, 5.74) is 9.17. The molecule has 0 aliphatic carbocycles. The lowest BCUT2D eigenvalue weighted by Crippen LogP contribution is -2.37. The second kappa shape index (κ2) is 8.12. The van der Waals surface area contributed by atoms with Crippen molar-refractivity contribution in [1.82, 2.24) is 25.2 Å². The Labute approximate surface area is 193 Å². The number of rotatable bonds is 3. The van der Waals surface area contributed by atoms with E-state index in [0.717, 1.165) is 37.1 Å². The van der Waals surface area contributed by atoms with Crippen molar-refractivity contribution in [3.63, 3.8) is 0 Å². The van der Waals surface area contributed by atoms with Crippen LogP contribution in [0.5, 0.6) is 0 Å². The van der Waals surface area contributed by atoms with Gasteiger partial charge < -0.3 is 15.2 Å². The fraction of sp³-hybridized carbons (Fsp3) is 0.296. The van der Waals surface area contributed by atoms with E-state index in [0.29, 0.717) is 18.2 Å². The van der Waals surface area contributed by atoms with E-state index in [1.807, 2.05) is 17.3 Å². The molecule has 0 saturated carbocycles. The van der Waals surface area contributed by atoms with E-state index in [4.69, 9.17) is 0 Å². The van der Waals surface area contributed by atoms with Gasteiger partial charge in [0.05, 0.1) is 0 Å². The lowest BCUT2D eigenvalue weighted by Gasteiger charge is -2.32. The molecule has 1 saturated heterocycles. The van der Waals surface area contributed by atoms with Crippen molar-refractivity contribution in [1.29, 1.82) is 0 Å². The van der Waals surface area contributed by atoms with Crippen molar-refractivity contribution in [2.45, 2.75) is 38.8 Å². The van der Waals surface area contributed by atoms with Crippen LogP contribution in [-0.4, -0.2) is 38.8 Å². The summed E-state index contributed by atoms with van der Waals surface area (Å²) < 4.78 is 0. The smallest absolute Gasteiger partial charge is 0.254 e. The van der Waals surface area contributed by atoms with E-state index in [1.54, 1.807) is 24.5 Å². The van der Waals surface area contributed by atoms with Gasteiger partial charge in [0.2, 0.25) is 0 Å². The molecular formula is C27H27N5O. The SMILES string of the molecule is Cc1c[nH]c2ncc(-c3cc4c(c(C5CCCN5)c3)CN(C(=O)c3ccncc3)CC4)cc12. The zero-order valence-corrected chi connectivity index (χ0v) is 18.8. The zero-order chi connectivity index (χ0) is 22.4. The van der Waals surface area contributed by atoms with Gasteiger partial charge in [-0.05, 0) is 84.8 Å². The van der Waals surface area contributed by atoms with Crippen molar-refractivity contribution in [2.24, 2.45) is 0 Å². The normalized spacial score (nSPS) is 18.0. The van der Waals surface area contributed by atoms with E-state index in [1.165, 1.54) is 39.6 Å². The Morgan fingerprint density at radius 2 is 2.03 bits per heavy atom. The highest BCUT2D eigenvalue weighted by Gasteiger charge is 2.28. The van der Waals surface area contributed by atoms with Crippen LogP contribution < -0.4 is 5.32 Å². The predicted molar refractivity (Wildman–Crippen MR) is 129 cm³/mol. The largest absolute Gasteiger partial charge is 0.346 e. The number of amides is 1. The Hall–Kier alpha value is -3.51. The molecule has 5 heterocycles. The standard InChI is InChI=1S/C27H27N5O/c1-17-14-30-26-22(17)13-21(15-31-26)20-11-19-6-10-32(27(33)18-4-8-28-9-5-18)16-24(19)23(12-20)25-3-2-7-29-25/h4-5,8-9,11-15,25,29H,2-3,6-7,10,16H2,1H3,(H,30,31). The van der Waals surface area contributed by atoms with Crippen LogP contribution in [0, 0.1) is 6.92 Å². The number of aromatic nitrogens is 3. The number of benzene rings is 1. The molecule has 6 rings (SSSR count). The monoisotopic (exact) mass is 437 g/mol. The number of aromatic amines is 1. The predicted octanol–water partition coefficient (Wildman–Crippen LogP) is 4.56. The van der Waals surface area contributed by atoms with Crippen molar-refractivity contribution in [3.05, 3.63) is 82.9 Å². The fourth-order valence-electron chi connectivity index (χ4n) is 5.27. The molecule has 6 heteroatoms. The van der Waals surface area contributed by atoms with Crippen LogP contribution >= 0.6 is 0 Å². The number of hydrogen-bond donors (Lipinski definition) is 2. The van der Waals surface area contributed by atoms with E-state index in [-0.39, 0.29) is 5.91 Å². The second-order valence-electron chi connectivity index (χ2n) is 9.16. The maximum absolute atomic E-state index is 13.1. The molecular weight excluding hydrogens is 410 g/mol. The van der Waals surface area contributed by atoms with E-state index in [9.17, 15) is 4.79 Å². The summed E-state index contributed by atoms with van der Waals surface area (Å²) in [6, 6.07) is 10.8. The van der Waals surface area contributed by atoms with Crippen molar-refractivity contribution in [3.8, 4) is 11.1 Å². The number of fused-ring (bicyclic) bond motifs is 2. The Morgan fingerprint density at radius 1 is 1.15 bits per heavy atom. The third kappa shape index (κ3) is 3.60. The van der Waals surface area contributed by atoms with Crippen molar-refractivity contribution >= 4 is 16.9 Å². The average molecular weight is 438 g/mol. The quantitative estimate of drug-likeness (QED) is 0.493. The van der Waals surface area contributed by atoms with E-state index < -0.39 is 0 Å². The molecule has 4 aromatic rings. The lowest BCUT2D eigenvalue weighted by molar-refractivity contribution is 0.0734. The minimum absolute atomic E-state index is 0.0787. The van der Waals surface area contributed by atoms with Gasteiger partial charge in [-0.1, -0.05) is 6.07 Å². The Kier molecular flexibility index (Phi) is 4.95. The number of carbonyl (C=O) groups excluding carboxylic acids is 1. The molecule has 1 fully saturated rings. The zero-order valence-electron chi connectivity index (χ0n) is 18.8. The van der Waals surface area contributed by atoms with Gasteiger partial charge in [-0.3, -0.25) is 9.78 Å².